The molecule has 9 nitrogen and oxygen atoms in total. The number of nitrogens with one attached hydrogen (secondary N) is 2. The number of aromatic nitrogens is 6. The summed E-state index contributed by atoms with van der Waals surface area (Å²) in [6, 6.07) is 15.2. The van der Waals surface area contributed by atoms with Gasteiger partial charge in [0.2, 0.25) is 0 Å². The number of ether oxygens (including phenoxy) is 1. The number of carboxylic acids is 1. The van der Waals surface area contributed by atoms with E-state index in [-0.39, 0.29) is 5.92 Å². The Hall–Kier alpha value is -4.01. The average molecular weight is 447 g/mol. The smallest absolute Gasteiger partial charge is 0.317 e. The molecule has 2 aromatic heterocycles. The first kappa shape index (κ1) is 22.2. The van der Waals surface area contributed by atoms with Gasteiger partial charge in [0, 0.05) is 18.5 Å². The summed E-state index contributed by atoms with van der Waals surface area (Å²) < 4.78 is 5.89. The maximum atomic E-state index is 11.9. The van der Waals surface area contributed by atoms with Crippen molar-refractivity contribution >= 4 is 5.97 Å². The Labute approximate surface area is 191 Å². The van der Waals surface area contributed by atoms with Crippen LogP contribution in [-0.2, 0) is 17.8 Å². The second-order valence-corrected chi connectivity index (χ2v) is 7.90. The Morgan fingerprint density at radius 1 is 1.09 bits per heavy atom. The van der Waals surface area contributed by atoms with E-state index in [1.165, 1.54) is 0 Å². The molecule has 170 valence electrons. The summed E-state index contributed by atoms with van der Waals surface area (Å²) in [5.74, 6) is 0.438. The van der Waals surface area contributed by atoms with Crippen LogP contribution in [0.25, 0.3) is 0 Å². The molecule has 0 aliphatic heterocycles. The molecule has 0 aliphatic carbocycles. The van der Waals surface area contributed by atoms with Gasteiger partial charge in [0.25, 0.3) is 0 Å². The molecule has 0 amide bonds. The number of benzene rings is 2. The predicted octanol–water partition coefficient (Wildman–Crippen LogP) is 3.82. The van der Waals surface area contributed by atoms with E-state index in [0.717, 1.165) is 29.8 Å². The summed E-state index contributed by atoms with van der Waals surface area (Å²) in [6.07, 6.45) is 3.34. The van der Waals surface area contributed by atoms with Gasteiger partial charge in [-0.05, 0) is 35.2 Å². The fraction of sp³-hybridized carbons (Fsp3) is 0.292. The summed E-state index contributed by atoms with van der Waals surface area (Å²) in [6.45, 7) is 4.48. The highest BCUT2D eigenvalue weighted by Crippen LogP contribution is 2.26. The molecule has 33 heavy (non-hydrogen) atoms. The van der Waals surface area contributed by atoms with E-state index < -0.39 is 11.9 Å². The molecule has 2 heterocycles. The van der Waals surface area contributed by atoms with Crippen LogP contribution in [0.3, 0.4) is 0 Å². The highest BCUT2D eigenvalue weighted by atomic mass is 16.5. The molecule has 0 saturated heterocycles. The number of hydrogen-bond acceptors (Lipinski definition) is 6. The molecule has 4 aromatic rings. The van der Waals surface area contributed by atoms with Gasteiger partial charge in [-0.25, -0.2) is 4.98 Å². The number of hydrogen-bond donors (Lipinski definition) is 3. The first-order valence-corrected chi connectivity index (χ1v) is 10.9. The Morgan fingerprint density at radius 2 is 1.82 bits per heavy atom. The summed E-state index contributed by atoms with van der Waals surface area (Å²) in [5.41, 5.74) is 3.36. The van der Waals surface area contributed by atoms with E-state index in [1.807, 2.05) is 31.2 Å². The number of tetrazole rings is 1. The van der Waals surface area contributed by atoms with Crippen molar-refractivity contribution in [2.45, 2.75) is 45.1 Å². The summed E-state index contributed by atoms with van der Waals surface area (Å²) in [5, 5.41) is 23.9. The first-order chi connectivity index (χ1) is 16.0. The lowest BCUT2D eigenvalue weighted by atomic mass is 9.96. The van der Waals surface area contributed by atoms with Crippen molar-refractivity contribution in [1.29, 1.82) is 0 Å². The number of H-pyrrole nitrogens is 2. The molecule has 2 unspecified atom stereocenters. The molecule has 9 heteroatoms. The molecular weight excluding hydrogens is 420 g/mol. The van der Waals surface area contributed by atoms with Crippen LogP contribution in [-0.4, -0.2) is 41.7 Å². The topological polar surface area (TPSA) is 130 Å². The van der Waals surface area contributed by atoms with Gasteiger partial charge in [0.15, 0.2) is 5.82 Å². The molecule has 0 saturated carbocycles. The van der Waals surface area contributed by atoms with Gasteiger partial charge in [-0.3, -0.25) is 4.79 Å². The zero-order valence-electron chi connectivity index (χ0n) is 18.5. The lowest BCUT2D eigenvalue weighted by Crippen LogP contribution is -2.13. The fourth-order valence-electron chi connectivity index (χ4n) is 3.67. The minimum atomic E-state index is -0.925. The van der Waals surface area contributed by atoms with Crippen molar-refractivity contribution in [1.82, 2.24) is 30.6 Å². The van der Waals surface area contributed by atoms with Crippen LogP contribution in [0, 0.1) is 0 Å². The third-order valence-corrected chi connectivity index (χ3v) is 5.54. The minimum Gasteiger partial charge on any atom is -0.489 e. The van der Waals surface area contributed by atoms with E-state index in [2.05, 4.69) is 37.5 Å². The van der Waals surface area contributed by atoms with Gasteiger partial charge in [0.05, 0.1) is 5.69 Å². The Kier molecular flexibility index (Phi) is 6.77. The Balaban J connectivity index is 1.39. The SMILES string of the molecule is CCCc1ncc(C(C(=O)O)c2ccc(OCc3ccc(C(C)c4nn[nH]n4)cc3)cc2)[nH]1. The number of aromatic amines is 2. The van der Waals surface area contributed by atoms with Crippen molar-refractivity contribution in [3.05, 3.63) is 88.8 Å². The van der Waals surface area contributed by atoms with Crippen molar-refractivity contribution in [3.63, 3.8) is 0 Å². The normalized spacial score (nSPS) is 12.9. The maximum absolute atomic E-state index is 11.9. The van der Waals surface area contributed by atoms with Crippen molar-refractivity contribution in [3.8, 4) is 5.75 Å². The molecule has 2 aromatic carbocycles. The number of aliphatic carboxylic acids is 1. The van der Waals surface area contributed by atoms with Crippen LogP contribution in [0.2, 0.25) is 0 Å². The molecule has 4 rings (SSSR count). The first-order valence-electron chi connectivity index (χ1n) is 10.9. The van der Waals surface area contributed by atoms with Crippen LogP contribution in [0.15, 0.2) is 54.7 Å². The third-order valence-electron chi connectivity index (χ3n) is 5.54. The minimum absolute atomic E-state index is 0.0429. The average Bonchev–Trinajstić information content (AvgIpc) is 3.52. The molecular formula is C24H26N6O3. The summed E-state index contributed by atoms with van der Waals surface area (Å²) >= 11 is 0. The lowest BCUT2D eigenvalue weighted by Gasteiger charge is -2.13. The Morgan fingerprint density at radius 3 is 2.45 bits per heavy atom. The van der Waals surface area contributed by atoms with Gasteiger partial charge in [-0.2, -0.15) is 5.21 Å². The third kappa shape index (κ3) is 5.25. The summed E-state index contributed by atoms with van der Waals surface area (Å²) in [7, 11) is 0. The zero-order valence-corrected chi connectivity index (χ0v) is 18.5. The number of aryl methyl sites for hydroxylation is 1. The van der Waals surface area contributed by atoms with Crippen LogP contribution in [0.1, 0.15) is 66.1 Å². The van der Waals surface area contributed by atoms with E-state index in [4.69, 9.17) is 4.74 Å². The monoisotopic (exact) mass is 446 g/mol. The molecule has 0 spiro atoms. The quantitative estimate of drug-likeness (QED) is 0.338. The van der Waals surface area contributed by atoms with Gasteiger partial charge in [-0.1, -0.05) is 55.5 Å². The van der Waals surface area contributed by atoms with Crippen LogP contribution in [0.4, 0.5) is 0 Å². The largest absolute Gasteiger partial charge is 0.489 e. The Bertz CT molecular complexity index is 1170. The molecule has 0 bridgehead atoms. The number of nitrogens with zero attached hydrogens (tertiary/aromatic N) is 4. The maximum Gasteiger partial charge on any atom is 0.317 e. The predicted molar refractivity (Wildman–Crippen MR) is 121 cm³/mol. The number of rotatable bonds is 10. The van der Waals surface area contributed by atoms with Crippen molar-refractivity contribution in [2.75, 3.05) is 0 Å². The molecule has 0 aliphatic rings. The molecule has 2 atom stereocenters. The number of carbonyl (C=O) groups is 1. The van der Waals surface area contributed by atoms with Crippen LogP contribution in [0.5, 0.6) is 5.75 Å². The van der Waals surface area contributed by atoms with Crippen LogP contribution < -0.4 is 4.74 Å². The molecule has 0 radical (unpaired) electrons. The van der Waals surface area contributed by atoms with Gasteiger partial charge < -0.3 is 14.8 Å². The van der Waals surface area contributed by atoms with Gasteiger partial charge in [0.1, 0.15) is 24.1 Å². The van der Waals surface area contributed by atoms with Gasteiger partial charge in [-0.15, -0.1) is 10.2 Å². The van der Waals surface area contributed by atoms with E-state index in [0.29, 0.717) is 29.4 Å². The number of carboxylic acid groups (broad SMARTS) is 1. The van der Waals surface area contributed by atoms with E-state index in [1.54, 1.807) is 30.5 Å². The van der Waals surface area contributed by atoms with Crippen molar-refractivity contribution in [2.24, 2.45) is 0 Å². The lowest BCUT2D eigenvalue weighted by molar-refractivity contribution is -0.137. The highest BCUT2D eigenvalue weighted by Gasteiger charge is 2.24. The zero-order chi connectivity index (χ0) is 23.2. The number of imidazole rings is 1. The molecule has 0 fully saturated rings. The van der Waals surface area contributed by atoms with E-state index in [9.17, 15) is 9.90 Å². The van der Waals surface area contributed by atoms with E-state index >= 15 is 0 Å². The standard InChI is InChI=1S/C24H26N6O3/c1-3-4-21-25-13-20(26-21)22(24(31)32)18-9-11-19(12-10-18)33-14-16-5-7-17(8-6-16)15(2)23-27-29-30-28-23/h5-13,15,22H,3-4,14H2,1-2H3,(H,25,26)(H,31,32)(H,27,28,29,30). The fourth-order valence-corrected chi connectivity index (χ4v) is 3.67. The van der Waals surface area contributed by atoms with Crippen LogP contribution >= 0.6 is 0 Å². The second kappa shape index (κ2) is 10.1. The molecule has 3 N–H and O–H groups in total. The summed E-state index contributed by atoms with van der Waals surface area (Å²) in [4.78, 5) is 19.4. The van der Waals surface area contributed by atoms with Gasteiger partial charge >= 0.3 is 5.97 Å². The van der Waals surface area contributed by atoms with Crippen molar-refractivity contribution < 1.29 is 14.6 Å². The highest BCUT2D eigenvalue weighted by molar-refractivity contribution is 5.79. The second-order valence-electron chi connectivity index (χ2n) is 7.90.